The van der Waals surface area contributed by atoms with Crippen molar-refractivity contribution in [3.63, 3.8) is 0 Å². The highest BCUT2D eigenvalue weighted by atomic mass is 16.4. The summed E-state index contributed by atoms with van der Waals surface area (Å²) in [5, 5.41) is 5.81. The van der Waals surface area contributed by atoms with Crippen LogP contribution >= 0.6 is 0 Å². The summed E-state index contributed by atoms with van der Waals surface area (Å²) in [5.74, 6) is -0.245. The SMILES string of the molecule is O=C(C=Cc1ccco1)NCC(=O)Nc1ccc2oc(=O)ccc2c1. The number of carbonyl (C=O) groups is 2. The zero-order valence-corrected chi connectivity index (χ0v) is 13.0. The average Bonchev–Trinajstić information content (AvgIpc) is 3.12. The van der Waals surface area contributed by atoms with Gasteiger partial charge in [0.2, 0.25) is 11.8 Å². The van der Waals surface area contributed by atoms with Crippen LogP contribution < -0.4 is 16.3 Å². The zero-order chi connectivity index (χ0) is 17.6. The van der Waals surface area contributed by atoms with Crippen LogP contribution in [0.25, 0.3) is 17.0 Å². The predicted octanol–water partition coefficient (Wildman–Crippen LogP) is 2.15. The van der Waals surface area contributed by atoms with Crippen molar-refractivity contribution < 1.29 is 18.4 Å². The Morgan fingerprint density at radius 1 is 1.12 bits per heavy atom. The Kier molecular flexibility index (Phi) is 4.75. The number of rotatable bonds is 5. The van der Waals surface area contributed by atoms with E-state index in [0.29, 0.717) is 22.4 Å². The van der Waals surface area contributed by atoms with E-state index in [1.807, 2.05) is 0 Å². The van der Waals surface area contributed by atoms with Crippen LogP contribution in [0.1, 0.15) is 5.76 Å². The molecular weight excluding hydrogens is 324 g/mol. The van der Waals surface area contributed by atoms with Crippen LogP contribution in [0.4, 0.5) is 5.69 Å². The topological polar surface area (TPSA) is 102 Å². The largest absolute Gasteiger partial charge is 0.465 e. The Bertz CT molecular complexity index is 986. The molecule has 3 rings (SSSR count). The van der Waals surface area contributed by atoms with E-state index >= 15 is 0 Å². The van der Waals surface area contributed by atoms with Gasteiger partial charge in [0.15, 0.2) is 0 Å². The lowest BCUT2D eigenvalue weighted by Crippen LogP contribution is -2.31. The molecule has 0 aliphatic heterocycles. The van der Waals surface area contributed by atoms with E-state index in [4.69, 9.17) is 8.83 Å². The second-order valence-electron chi connectivity index (χ2n) is 5.12. The molecule has 0 aliphatic rings. The number of nitrogens with one attached hydrogen (secondary N) is 2. The van der Waals surface area contributed by atoms with Crippen LogP contribution in [0.15, 0.2) is 68.4 Å². The van der Waals surface area contributed by atoms with Crippen LogP contribution in [-0.2, 0) is 9.59 Å². The second kappa shape index (κ2) is 7.31. The number of amides is 2. The molecule has 0 bridgehead atoms. The van der Waals surface area contributed by atoms with Gasteiger partial charge in [-0.05, 0) is 42.5 Å². The molecule has 0 aliphatic carbocycles. The van der Waals surface area contributed by atoms with Crippen molar-refractivity contribution >= 4 is 34.5 Å². The first-order valence-electron chi connectivity index (χ1n) is 7.43. The maximum Gasteiger partial charge on any atom is 0.336 e. The van der Waals surface area contributed by atoms with E-state index in [-0.39, 0.29) is 12.5 Å². The summed E-state index contributed by atoms with van der Waals surface area (Å²) >= 11 is 0. The Labute approximate surface area is 141 Å². The van der Waals surface area contributed by atoms with Gasteiger partial charge in [-0.3, -0.25) is 9.59 Å². The van der Waals surface area contributed by atoms with Crippen molar-refractivity contribution in [3.8, 4) is 0 Å². The molecule has 0 fully saturated rings. The third kappa shape index (κ3) is 4.44. The number of carbonyl (C=O) groups excluding carboxylic acids is 2. The summed E-state index contributed by atoms with van der Waals surface area (Å²) < 4.78 is 10.1. The summed E-state index contributed by atoms with van der Waals surface area (Å²) in [7, 11) is 0. The van der Waals surface area contributed by atoms with Gasteiger partial charge in [0.05, 0.1) is 12.8 Å². The Hall–Kier alpha value is -3.61. The number of hydrogen-bond donors (Lipinski definition) is 2. The molecule has 2 N–H and O–H groups in total. The summed E-state index contributed by atoms with van der Waals surface area (Å²) in [5.41, 5.74) is 0.531. The van der Waals surface area contributed by atoms with Gasteiger partial charge in [-0.1, -0.05) is 0 Å². The van der Waals surface area contributed by atoms with Gasteiger partial charge in [-0.25, -0.2) is 4.79 Å². The molecule has 126 valence electrons. The lowest BCUT2D eigenvalue weighted by molar-refractivity contribution is -0.121. The maximum atomic E-state index is 11.9. The minimum atomic E-state index is -0.436. The monoisotopic (exact) mass is 338 g/mol. The van der Waals surface area contributed by atoms with Crippen LogP contribution in [0, 0.1) is 0 Å². The number of benzene rings is 1. The Morgan fingerprint density at radius 3 is 2.80 bits per heavy atom. The van der Waals surface area contributed by atoms with E-state index in [1.165, 1.54) is 24.5 Å². The highest BCUT2D eigenvalue weighted by Gasteiger charge is 2.05. The van der Waals surface area contributed by atoms with Crippen molar-refractivity contribution in [3.05, 3.63) is 71.0 Å². The molecule has 0 unspecified atom stereocenters. The molecule has 2 aromatic heterocycles. The molecule has 0 radical (unpaired) electrons. The fourth-order valence-corrected chi connectivity index (χ4v) is 2.13. The highest BCUT2D eigenvalue weighted by Crippen LogP contribution is 2.17. The molecule has 0 saturated carbocycles. The zero-order valence-electron chi connectivity index (χ0n) is 13.0. The first-order chi connectivity index (χ1) is 12.1. The number of anilines is 1. The third-order valence-corrected chi connectivity index (χ3v) is 3.27. The van der Waals surface area contributed by atoms with Crippen molar-refractivity contribution in [1.82, 2.24) is 5.32 Å². The molecular formula is C18H14N2O5. The fraction of sp³-hybridized carbons (Fsp3) is 0.0556. The lowest BCUT2D eigenvalue weighted by atomic mass is 10.2. The molecule has 1 aromatic carbocycles. The molecule has 3 aromatic rings. The Morgan fingerprint density at radius 2 is 2.00 bits per heavy atom. The summed E-state index contributed by atoms with van der Waals surface area (Å²) in [4.78, 5) is 34.7. The van der Waals surface area contributed by atoms with Crippen molar-refractivity contribution in [2.24, 2.45) is 0 Å². The van der Waals surface area contributed by atoms with Crippen LogP contribution in [0.5, 0.6) is 0 Å². The van der Waals surface area contributed by atoms with Gasteiger partial charge in [0.1, 0.15) is 11.3 Å². The van der Waals surface area contributed by atoms with Crippen molar-refractivity contribution in [1.29, 1.82) is 0 Å². The standard InChI is InChI=1S/C18H14N2O5/c21-16(7-5-14-2-1-9-24-14)19-11-17(22)20-13-4-6-15-12(10-13)3-8-18(23)25-15/h1-10H,11H2,(H,19,21)(H,20,22). The third-order valence-electron chi connectivity index (χ3n) is 3.27. The Balaban J connectivity index is 1.54. The normalized spacial score (nSPS) is 10.9. The van der Waals surface area contributed by atoms with E-state index in [0.717, 1.165) is 0 Å². The second-order valence-corrected chi connectivity index (χ2v) is 5.12. The number of hydrogen-bond acceptors (Lipinski definition) is 5. The maximum absolute atomic E-state index is 11.9. The molecule has 7 nitrogen and oxygen atoms in total. The molecule has 2 heterocycles. The number of furan rings is 1. The van der Waals surface area contributed by atoms with Crippen LogP contribution in [0.2, 0.25) is 0 Å². The van der Waals surface area contributed by atoms with Crippen LogP contribution in [0.3, 0.4) is 0 Å². The predicted molar refractivity (Wildman–Crippen MR) is 91.9 cm³/mol. The molecule has 7 heteroatoms. The first kappa shape index (κ1) is 16.3. The molecule has 0 atom stereocenters. The fourth-order valence-electron chi connectivity index (χ4n) is 2.13. The van der Waals surface area contributed by atoms with Crippen LogP contribution in [-0.4, -0.2) is 18.4 Å². The summed E-state index contributed by atoms with van der Waals surface area (Å²) in [6, 6.07) is 11.2. The molecule has 2 amide bonds. The van der Waals surface area contributed by atoms with E-state index in [9.17, 15) is 14.4 Å². The smallest absolute Gasteiger partial charge is 0.336 e. The minimum absolute atomic E-state index is 0.177. The van der Waals surface area contributed by atoms with Gasteiger partial charge in [-0.2, -0.15) is 0 Å². The average molecular weight is 338 g/mol. The van der Waals surface area contributed by atoms with Crippen molar-refractivity contribution in [2.45, 2.75) is 0 Å². The lowest BCUT2D eigenvalue weighted by Gasteiger charge is -2.06. The minimum Gasteiger partial charge on any atom is -0.465 e. The molecule has 25 heavy (non-hydrogen) atoms. The molecule has 0 spiro atoms. The first-order valence-corrected chi connectivity index (χ1v) is 7.43. The van der Waals surface area contributed by atoms with E-state index < -0.39 is 11.5 Å². The van der Waals surface area contributed by atoms with Gasteiger partial charge in [0, 0.05) is 23.2 Å². The quantitative estimate of drug-likeness (QED) is 0.548. The summed E-state index contributed by atoms with van der Waals surface area (Å²) in [6.45, 7) is -0.177. The van der Waals surface area contributed by atoms with E-state index in [2.05, 4.69) is 10.6 Å². The van der Waals surface area contributed by atoms with Gasteiger partial charge >= 0.3 is 5.63 Å². The summed E-state index contributed by atoms with van der Waals surface area (Å²) in [6.07, 6.45) is 4.29. The molecule has 0 saturated heterocycles. The highest BCUT2D eigenvalue weighted by molar-refractivity contribution is 5.98. The van der Waals surface area contributed by atoms with E-state index in [1.54, 1.807) is 36.4 Å². The number of fused-ring (bicyclic) bond motifs is 1. The van der Waals surface area contributed by atoms with Gasteiger partial charge < -0.3 is 19.5 Å². The van der Waals surface area contributed by atoms with Crippen molar-refractivity contribution in [2.75, 3.05) is 11.9 Å². The van der Waals surface area contributed by atoms with Gasteiger partial charge in [0.25, 0.3) is 0 Å². The van der Waals surface area contributed by atoms with Gasteiger partial charge in [-0.15, -0.1) is 0 Å².